The highest BCUT2D eigenvalue weighted by atomic mass is 16.6. The Bertz CT molecular complexity index is 193. The Labute approximate surface area is 75.9 Å². The van der Waals surface area contributed by atoms with E-state index in [0.717, 1.165) is 0 Å². The fraction of sp³-hybridized carbons (Fsp3) is 0.714. The standard InChI is InChI=1S/C7H13NO5/c1-11-5(7(10)13-3)4(8)6(9)12-2/h4-5H,8H2,1-3H3/t4-,5-/m0/s1. The van der Waals surface area contributed by atoms with Crippen LogP contribution >= 0.6 is 0 Å². The van der Waals surface area contributed by atoms with Crippen molar-refractivity contribution in [2.24, 2.45) is 5.73 Å². The normalized spacial score (nSPS) is 14.5. The summed E-state index contributed by atoms with van der Waals surface area (Å²) in [6, 6.07) is -1.16. The zero-order valence-corrected chi connectivity index (χ0v) is 7.77. The van der Waals surface area contributed by atoms with Crippen molar-refractivity contribution in [3.05, 3.63) is 0 Å². The third kappa shape index (κ3) is 3.00. The molecule has 2 N–H and O–H groups in total. The number of ether oxygens (including phenoxy) is 3. The average Bonchev–Trinajstić information content (AvgIpc) is 2.17. The van der Waals surface area contributed by atoms with E-state index < -0.39 is 24.1 Å². The molecule has 0 aliphatic rings. The van der Waals surface area contributed by atoms with Crippen molar-refractivity contribution >= 4 is 11.9 Å². The predicted octanol–water partition coefficient (Wildman–Crippen LogP) is -1.33. The van der Waals surface area contributed by atoms with Gasteiger partial charge in [-0.15, -0.1) is 0 Å². The van der Waals surface area contributed by atoms with Crippen molar-refractivity contribution in [3.8, 4) is 0 Å². The summed E-state index contributed by atoms with van der Waals surface area (Å²) < 4.78 is 13.4. The summed E-state index contributed by atoms with van der Waals surface area (Å²) in [5.41, 5.74) is 5.36. The number of esters is 2. The van der Waals surface area contributed by atoms with Crippen molar-refractivity contribution in [2.45, 2.75) is 12.1 Å². The van der Waals surface area contributed by atoms with E-state index in [-0.39, 0.29) is 0 Å². The van der Waals surface area contributed by atoms with Gasteiger partial charge in [0.15, 0.2) is 6.10 Å². The average molecular weight is 191 g/mol. The molecule has 2 atom stereocenters. The molecule has 0 heterocycles. The number of hydrogen-bond donors (Lipinski definition) is 1. The van der Waals surface area contributed by atoms with E-state index in [0.29, 0.717) is 0 Å². The Hall–Kier alpha value is -1.14. The molecule has 0 radical (unpaired) electrons. The van der Waals surface area contributed by atoms with Gasteiger partial charge in [-0.25, -0.2) is 4.79 Å². The fourth-order valence-corrected chi connectivity index (χ4v) is 0.765. The lowest BCUT2D eigenvalue weighted by atomic mass is 10.2. The molecule has 6 nitrogen and oxygen atoms in total. The molecule has 0 aliphatic heterocycles. The third-order valence-corrected chi connectivity index (χ3v) is 1.49. The summed E-state index contributed by atoms with van der Waals surface area (Å²) in [5, 5.41) is 0. The molecular weight excluding hydrogens is 178 g/mol. The van der Waals surface area contributed by atoms with Gasteiger partial charge in [-0.1, -0.05) is 0 Å². The first-order chi connectivity index (χ1) is 6.08. The first-order valence-corrected chi connectivity index (χ1v) is 3.52. The molecular formula is C7H13NO5. The van der Waals surface area contributed by atoms with Gasteiger partial charge in [0, 0.05) is 7.11 Å². The second-order valence-electron chi connectivity index (χ2n) is 2.23. The molecule has 0 amide bonds. The van der Waals surface area contributed by atoms with Crippen LogP contribution in [0.2, 0.25) is 0 Å². The van der Waals surface area contributed by atoms with Gasteiger partial charge in [0.25, 0.3) is 0 Å². The van der Waals surface area contributed by atoms with E-state index in [9.17, 15) is 9.59 Å². The largest absolute Gasteiger partial charge is 0.468 e. The lowest BCUT2D eigenvalue weighted by Gasteiger charge is -2.17. The minimum atomic E-state index is -1.16. The van der Waals surface area contributed by atoms with Crippen LogP contribution in [0.3, 0.4) is 0 Å². The van der Waals surface area contributed by atoms with Crippen LogP contribution in [0, 0.1) is 0 Å². The van der Waals surface area contributed by atoms with Gasteiger partial charge >= 0.3 is 11.9 Å². The quantitative estimate of drug-likeness (QED) is 0.554. The van der Waals surface area contributed by atoms with E-state index in [1.54, 1.807) is 0 Å². The Morgan fingerprint density at radius 3 is 1.85 bits per heavy atom. The Balaban J connectivity index is 4.39. The maximum absolute atomic E-state index is 11.0. The highest BCUT2D eigenvalue weighted by Gasteiger charge is 2.32. The lowest BCUT2D eigenvalue weighted by Crippen LogP contribution is -2.48. The summed E-state index contributed by atoms with van der Waals surface area (Å²) in [6.07, 6.45) is -1.13. The predicted molar refractivity (Wildman–Crippen MR) is 42.8 cm³/mol. The fourth-order valence-electron chi connectivity index (χ4n) is 0.765. The zero-order chi connectivity index (χ0) is 10.4. The number of hydrogen-bond acceptors (Lipinski definition) is 6. The second kappa shape index (κ2) is 5.50. The summed E-state index contributed by atoms with van der Waals surface area (Å²) in [7, 11) is 3.61. The van der Waals surface area contributed by atoms with Crippen LogP contribution in [0.25, 0.3) is 0 Å². The topological polar surface area (TPSA) is 87.9 Å². The molecule has 0 fully saturated rings. The number of rotatable bonds is 4. The first kappa shape index (κ1) is 11.9. The first-order valence-electron chi connectivity index (χ1n) is 3.52. The molecule has 0 aromatic carbocycles. The van der Waals surface area contributed by atoms with Crippen LogP contribution in [-0.2, 0) is 23.8 Å². The molecule has 0 unspecified atom stereocenters. The van der Waals surface area contributed by atoms with Gasteiger partial charge in [-0.2, -0.15) is 0 Å². The SMILES string of the molecule is COC(=O)[C@@H](N)[C@H](OC)C(=O)OC. The molecule has 6 heteroatoms. The van der Waals surface area contributed by atoms with Crippen LogP contribution < -0.4 is 5.73 Å². The van der Waals surface area contributed by atoms with Gasteiger partial charge in [0.1, 0.15) is 6.04 Å². The third-order valence-electron chi connectivity index (χ3n) is 1.49. The second-order valence-corrected chi connectivity index (χ2v) is 2.23. The summed E-state index contributed by atoms with van der Waals surface area (Å²) >= 11 is 0. The van der Waals surface area contributed by atoms with Crippen LogP contribution in [0.4, 0.5) is 0 Å². The molecule has 76 valence electrons. The minimum Gasteiger partial charge on any atom is -0.468 e. The highest BCUT2D eigenvalue weighted by Crippen LogP contribution is 2.00. The van der Waals surface area contributed by atoms with Crippen LogP contribution in [0.1, 0.15) is 0 Å². The molecule has 0 saturated heterocycles. The highest BCUT2D eigenvalue weighted by molar-refractivity contribution is 5.86. The number of methoxy groups -OCH3 is 3. The van der Waals surface area contributed by atoms with E-state index in [1.165, 1.54) is 21.3 Å². The number of carbonyl (C=O) groups excluding carboxylic acids is 2. The van der Waals surface area contributed by atoms with Crippen LogP contribution in [-0.4, -0.2) is 45.4 Å². The molecule has 0 aliphatic carbocycles. The van der Waals surface area contributed by atoms with Crippen molar-refractivity contribution < 1.29 is 23.8 Å². The summed E-state index contributed by atoms with van der Waals surface area (Å²) in [6.45, 7) is 0. The van der Waals surface area contributed by atoms with Gasteiger partial charge in [-0.3, -0.25) is 4.79 Å². The molecule has 0 saturated carbocycles. The number of carbonyl (C=O) groups is 2. The van der Waals surface area contributed by atoms with Crippen molar-refractivity contribution in [1.82, 2.24) is 0 Å². The Kier molecular flexibility index (Phi) is 5.01. The van der Waals surface area contributed by atoms with Gasteiger partial charge in [0.2, 0.25) is 0 Å². The van der Waals surface area contributed by atoms with E-state index >= 15 is 0 Å². The maximum atomic E-state index is 11.0. The van der Waals surface area contributed by atoms with Crippen molar-refractivity contribution in [1.29, 1.82) is 0 Å². The van der Waals surface area contributed by atoms with Gasteiger partial charge in [0.05, 0.1) is 14.2 Å². The van der Waals surface area contributed by atoms with Crippen molar-refractivity contribution in [2.75, 3.05) is 21.3 Å². The molecule has 0 bridgehead atoms. The number of nitrogens with two attached hydrogens (primary N) is 1. The summed E-state index contributed by atoms with van der Waals surface area (Å²) in [5.74, 6) is -1.43. The monoisotopic (exact) mass is 191 g/mol. The smallest absolute Gasteiger partial charge is 0.337 e. The zero-order valence-electron chi connectivity index (χ0n) is 7.77. The van der Waals surface area contributed by atoms with Gasteiger partial charge in [-0.05, 0) is 0 Å². The van der Waals surface area contributed by atoms with E-state index in [1.807, 2.05) is 0 Å². The molecule has 0 aromatic rings. The van der Waals surface area contributed by atoms with E-state index in [4.69, 9.17) is 5.73 Å². The van der Waals surface area contributed by atoms with Crippen LogP contribution in [0.15, 0.2) is 0 Å². The molecule has 0 spiro atoms. The van der Waals surface area contributed by atoms with E-state index in [2.05, 4.69) is 14.2 Å². The van der Waals surface area contributed by atoms with Crippen molar-refractivity contribution in [3.63, 3.8) is 0 Å². The Morgan fingerprint density at radius 2 is 1.54 bits per heavy atom. The van der Waals surface area contributed by atoms with Gasteiger partial charge < -0.3 is 19.9 Å². The molecule has 13 heavy (non-hydrogen) atoms. The summed E-state index contributed by atoms with van der Waals surface area (Å²) in [4.78, 5) is 21.9. The lowest BCUT2D eigenvalue weighted by molar-refractivity contribution is -0.160. The molecule has 0 aromatic heterocycles. The van der Waals surface area contributed by atoms with Crippen LogP contribution in [0.5, 0.6) is 0 Å². The Morgan fingerprint density at radius 1 is 1.08 bits per heavy atom. The minimum absolute atomic E-state index is 0.708. The molecule has 0 rings (SSSR count). The maximum Gasteiger partial charge on any atom is 0.337 e.